The van der Waals surface area contributed by atoms with Gasteiger partial charge >= 0.3 is 0 Å². The maximum absolute atomic E-state index is 12.2. The molecule has 2 N–H and O–H groups in total. The molecule has 0 bridgehead atoms. The molecule has 1 aromatic rings. The lowest BCUT2D eigenvalue weighted by molar-refractivity contribution is -0.128. The van der Waals surface area contributed by atoms with Crippen LogP contribution >= 0.6 is 0 Å². The number of hydrogen-bond donors (Lipinski definition) is 2. The molecule has 3 amide bonds. The van der Waals surface area contributed by atoms with Gasteiger partial charge in [-0.1, -0.05) is 20.8 Å². The molecular weight excluding hydrogens is 318 g/mol. The second kappa shape index (κ2) is 9.20. The fourth-order valence-corrected chi connectivity index (χ4v) is 2.17. The van der Waals surface area contributed by atoms with E-state index in [0.29, 0.717) is 30.9 Å². The molecule has 0 aromatic heterocycles. The van der Waals surface area contributed by atoms with E-state index in [1.807, 2.05) is 34.6 Å². The Morgan fingerprint density at radius 2 is 1.56 bits per heavy atom. The van der Waals surface area contributed by atoms with E-state index in [1.54, 1.807) is 29.2 Å². The predicted octanol–water partition coefficient (Wildman–Crippen LogP) is 2.66. The Morgan fingerprint density at radius 1 is 1.00 bits per heavy atom. The number of rotatable bonds is 7. The summed E-state index contributed by atoms with van der Waals surface area (Å²) in [7, 11) is 0. The van der Waals surface area contributed by atoms with E-state index in [0.717, 1.165) is 0 Å². The van der Waals surface area contributed by atoms with Gasteiger partial charge in [-0.15, -0.1) is 0 Å². The van der Waals surface area contributed by atoms with Crippen LogP contribution in [-0.4, -0.2) is 42.3 Å². The monoisotopic (exact) mass is 347 g/mol. The third kappa shape index (κ3) is 6.57. The minimum atomic E-state index is -0.469. The zero-order chi connectivity index (χ0) is 19.0. The molecule has 0 radical (unpaired) electrons. The first kappa shape index (κ1) is 20.7. The van der Waals surface area contributed by atoms with E-state index in [9.17, 15) is 14.4 Å². The quantitative estimate of drug-likeness (QED) is 0.796. The van der Waals surface area contributed by atoms with E-state index in [1.165, 1.54) is 0 Å². The van der Waals surface area contributed by atoms with Crippen molar-refractivity contribution in [2.45, 2.75) is 41.0 Å². The lowest BCUT2D eigenvalue weighted by Crippen LogP contribution is -2.36. The minimum absolute atomic E-state index is 0.0206. The highest BCUT2D eigenvalue weighted by molar-refractivity contribution is 5.96. The first-order valence-corrected chi connectivity index (χ1v) is 8.66. The summed E-state index contributed by atoms with van der Waals surface area (Å²) in [5, 5.41) is 5.50. The Labute approximate surface area is 150 Å². The SMILES string of the molecule is CCN(CC)C(=O)c1ccc(NC(=O)CCNC(=O)C(C)(C)C)cc1. The van der Waals surface area contributed by atoms with E-state index in [2.05, 4.69) is 10.6 Å². The normalized spacial score (nSPS) is 10.9. The lowest BCUT2D eigenvalue weighted by atomic mass is 9.96. The highest BCUT2D eigenvalue weighted by atomic mass is 16.2. The van der Waals surface area contributed by atoms with Crippen molar-refractivity contribution in [3.05, 3.63) is 29.8 Å². The third-order valence-corrected chi connectivity index (χ3v) is 3.79. The van der Waals surface area contributed by atoms with Crippen molar-refractivity contribution in [3.8, 4) is 0 Å². The molecule has 0 aliphatic rings. The van der Waals surface area contributed by atoms with Crippen LogP contribution in [0.3, 0.4) is 0 Å². The Bertz CT molecular complexity index is 599. The minimum Gasteiger partial charge on any atom is -0.355 e. The first-order valence-electron chi connectivity index (χ1n) is 8.66. The number of carbonyl (C=O) groups excluding carboxylic acids is 3. The summed E-state index contributed by atoms with van der Waals surface area (Å²) in [5.41, 5.74) is 0.756. The van der Waals surface area contributed by atoms with E-state index in [4.69, 9.17) is 0 Å². The second-order valence-electron chi connectivity index (χ2n) is 6.86. The van der Waals surface area contributed by atoms with E-state index >= 15 is 0 Å². The molecule has 1 aromatic carbocycles. The molecule has 0 spiro atoms. The van der Waals surface area contributed by atoms with Crippen LogP contribution in [0.2, 0.25) is 0 Å². The molecule has 6 nitrogen and oxygen atoms in total. The van der Waals surface area contributed by atoms with Gasteiger partial charge < -0.3 is 15.5 Å². The molecule has 0 unspecified atom stereocenters. The second-order valence-corrected chi connectivity index (χ2v) is 6.86. The Hall–Kier alpha value is -2.37. The molecule has 0 aliphatic carbocycles. The number of carbonyl (C=O) groups is 3. The fourth-order valence-electron chi connectivity index (χ4n) is 2.17. The van der Waals surface area contributed by atoms with Gasteiger partial charge in [-0.2, -0.15) is 0 Å². The summed E-state index contributed by atoms with van der Waals surface area (Å²) in [6, 6.07) is 6.83. The summed E-state index contributed by atoms with van der Waals surface area (Å²) in [6.07, 6.45) is 0.196. The van der Waals surface area contributed by atoms with Crippen LogP contribution in [0, 0.1) is 5.41 Å². The van der Waals surface area contributed by atoms with Crippen LogP contribution in [-0.2, 0) is 9.59 Å². The average molecular weight is 347 g/mol. The van der Waals surface area contributed by atoms with Crippen molar-refractivity contribution < 1.29 is 14.4 Å². The summed E-state index contributed by atoms with van der Waals surface area (Å²) < 4.78 is 0. The first-order chi connectivity index (χ1) is 11.7. The maximum atomic E-state index is 12.2. The Morgan fingerprint density at radius 3 is 2.04 bits per heavy atom. The number of anilines is 1. The molecule has 0 aliphatic heterocycles. The summed E-state index contributed by atoms with van der Waals surface area (Å²) in [5.74, 6) is -0.288. The predicted molar refractivity (Wildman–Crippen MR) is 99.4 cm³/mol. The van der Waals surface area contributed by atoms with Gasteiger partial charge in [0.05, 0.1) is 0 Å². The summed E-state index contributed by atoms with van der Waals surface area (Å²) in [6.45, 7) is 11.0. The number of amides is 3. The van der Waals surface area contributed by atoms with Crippen molar-refractivity contribution in [2.24, 2.45) is 5.41 Å². The van der Waals surface area contributed by atoms with Crippen LogP contribution < -0.4 is 10.6 Å². The number of benzene rings is 1. The molecule has 0 saturated carbocycles. The molecular formula is C19H29N3O3. The van der Waals surface area contributed by atoms with Gasteiger partial charge in [-0.05, 0) is 38.1 Å². The van der Waals surface area contributed by atoms with E-state index in [-0.39, 0.29) is 24.1 Å². The number of nitrogens with zero attached hydrogens (tertiary/aromatic N) is 1. The largest absolute Gasteiger partial charge is 0.355 e. The third-order valence-electron chi connectivity index (χ3n) is 3.79. The van der Waals surface area contributed by atoms with Crippen LogP contribution in [0.5, 0.6) is 0 Å². The highest BCUT2D eigenvalue weighted by Crippen LogP contribution is 2.13. The summed E-state index contributed by atoms with van der Waals surface area (Å²) >= 11 is 0. The van der Waals surface area contributed by atoms with Gasteiger partial charge in [0.1, 0.15) is 0 Å². The highest BCUT2D eigenvalue weighted by Gasteiger charge is 2.20. The molecule has 0 atom stereocenters. The fraction of sp³-hybridized carbons (Fsp3) is 0.526. The van der Waals surface area contributed by atoms with Gasteiger partial charge in [-0.3, -0.25) is 14.4 Å². The average Bonchev–Trinajstić information content (AvgIpc) is 2.55. The zero-order valence-electron chi connectivity index (χ0n) is 15.8. The topological polar surface area (TPSA) is 78.5 Å². The van der Waals surface area contributed by atoms with Crippen molar-refractivity contribution >= 4 is 23.4 Å². The van der Waals surface area contributed by atoms with Gasteiger partial charge in [0.2, 0.25) is 11.8 Å². The Kier molecular flexibility index (Phi) is 7.61. The molecule has 6 heteroatoms. The molecule has 25 heavy (non-hydrogen) atoms. The molecule has 0 fully saturated rings. The van der Waals surface area contributed by atoms with Crippen molar-refractivity contribution in [3.63, 3.8) is 0 Å². The number of hydrogen-bond acceptors (Lipinski definition) is 3. The van der Waals surface area contributed by atoms with Gasteiger partial charge in [0.15, 0.2) is 0 Å². The number of nitrogens with one attached hydrogen (secondary N) is 2. The van der Waals surface area contributed by atoms with Gasteiger partial charge in [0.25, 0.3) is 5.91 Å². The molecule has 0 heterocycles. The van der Waals surface area contributed by atoms with Crippen molar-refractivity contribution in [1.82, 2.24) is 10.2 Å². The lowest BCUT2D eigenvalue weighted by Gasteiger charge is -2.18. The summed E-state index contributed by atoms with van der Waals surface area (Å²) in [4.78, 5) is 37.6. The van der Waals surface area contributed by atoms with E-state index < -0.39 is 5.41 Å². The van der Waals surface area contributed by atoms with Crippen LogP contribution in [0.15, 0.2) is 24.3 Å². The maximum Gasteiger partial charge on any atom is 0.253 e. The van der Waals surface area contributed by atoms with Crippen LogP contribution in [0.1, 0.15) is 51.4 Å². The molecule has 1 rings (SSSR count). The zero-order valence-corrected chi connectivity index (χ0v) is 15.8. The standard InChI is InChI=1S/C19H29N3O3/c1-6-22(7-2)17(24)14-8-10-15(11-9-14)21-16(23)12-13-20-18(25)19(3,4)5/h8-11H,6-7,12-13H2,1-5H3,(H,20,25)(H,21,23). The Balaban J connectivity index is 2.51. The molecule has 0 saturated heterocycles. The van der Waals surface area contributed by atoms with Crippen molar-refractivity contribution in [1.29, 1.82) is 0 Å². The van der Waals surface area contributed by atoms with Crippen LogP contribution in [0.4, 0.5) is 5.69 Å². The van der Waals surface area contributed by atoms with Gasteiger partial charge in [-0.25, -0.2) is 0 Å². The van der Waals surface area contributed by atoms with Gasteiger partial charge in [0, 0.05) is 42.7 Å². The molecule has 138 valence electrons. The van der Waals surface area contributed by atoms with Crippen LogP contribution in [0.25, 0.3) is 0 Å². The smallest absolute Gasteiger partial charge is 0.253 e. The van der Waals surface area contributed by atoms with Crippen molar-refractivity contribution in [2.75, 3.05) is 25.0 Å².